The van der Waals surface area contributed by atoms with E-state index in [-0.39, 0.29) is 16.4 Å². The molecule has 16 heavy (non-hydrogen) atoms. The van der Waals surface area contributed by atoms with Crippen LogP contribution in [0.25, 0.3) is 0 Å². The van der Waals surface area contributed by atoms with Gasteiger partial charge in [-0.3, -0.25) is 0 Å². The van der Waals surface area contributed by atoms with E-state index in [9.17, 15) is 13.5 Å². The lowest BCUT2D eigenvalue weighted by molar-refractivity contribution is -0.0476. The van der Waals surface area contributed by atoms with Crippen LogP contribution in [0.1, 0.15) is 52.4 Å². The van der Waals surface area contributed by atoms with Gasteiger partial charge in [-0.25, -0.2) is 8.42 Å². The maximum Gasteiger partial charge on any atom is 0.156 e. The molecule has 2 aliphatic rings. The summed E-state index contributed by atoms with van der Waals surface area (Å²) in [4.78, 5) is 0. The molecule has 2 rings (SSSR count). The maximum atomic E-state index is 12.2. The molecule has 1 N–H and O–H groups in total. The molecule has 4 heteroatoms. The molecule has 3 nitrogen and oxygen atoms in total. The largest absolute Gasteiger partial charge is 0.390 e. The zero-order valence-corrected chi connectivity index (χ0v) is 11.0. The van der Waals surface area contributed by atoms with Crippen molar-refractivity contribution < 1.29 is 13.5 Å². The fraction of sp³-hybridized carbons (Fsp3) is 1.00. The van der Waals surface area contributed by atoms with Crippen molar-refractivity contribution in [3.63, 3.8) is 0 Å². The molecule has 0 bridgehead atoms. The molecular weight excluding hydrogens is 224 g/mol. The molecule has 4 atom stereocenters. The molecule has 0 aromatic heterocycles. The summed E-state index contributed by atoms with van der Waals surface area (Å²) in [5.74, 6) is -0.0209. The molecule has 1 saturated carbocycles. The number of hydrogen-bond acceptors (Lipinski definition) is 3. The van der Waals surface area contributed by atoms with Gasteiger partial charge in [0.2, 0.25) is 0 Å². The normalized spacial score (nSPS) is 47.3. The number of fused-ring (bicyclic) bond motifs is 1. The minimum Gasteiger partial charge on any atom is -0.390 e. The van der Waals surface area contributed by atoms with Crippen molar-refractivity contribution in [3.8, 4) is 0 Å². The van der Waals surface area contributed by atoms with Gasteiger partial charge in [-0.05, 0) is 32.6 Å². The number of aliphatic hydroxyl groups is 1. The molecule has 94 valence electrons. The molecule has 0 amide bonds. The van der Waals surface area contributed by atoms with Crippen molar-refractivity contribution in [1.29, 1.82) is 0 Å². The van der Waals surface area contributed by atoms with E-state index in [1.54, 1.807) is 6.92 Å². The van der Waals surface area contributed by atoms with Crippen LogP contribution in [-0.4, -0.2) is 29.6 Å². The van der Waals surface area contributed by atoms with Crippen LogP contribution >= 0.6 is 0 Å². The third-order valence-corrected chi connectivity index (χ3v) is 7.33. The first-order valence-electron chi connectivity index (χ1n) is 6.37. The highest BCUT2D eigenvalue weighted by molar-refractivity contribution is 7.92. The first-order chi connectivity index (χ1) is 7.42. The van der Waals surface area contributed by atoms with Crippen molar-refractivity contribution in [1.82, 2.24) is 0 Å². The molecule has 0 spiro atoms. The summed E-state index contributed by atoms with van der Waals surface area (Å²) >= 11 is 0. The van der Waals surface area contributed by atoms with Crippen LogP contribution in [0.5, 0.6) is 0 Å². The Labute approximate surface area is 98.2 Å². The van der Waals surface area contributed by atoms with Gasteiger partial charge >= 0.3 is 0 Å². The molecular formula is C12H22O3S. The Kier molecular flexibility index (Phi) is 3.08. The monoisotopic (exact) mass is 246 g/mol. The highest BCUT2D eigenvalue weighted by atomic mass is 32.2. The summed E-state index contributed by atoms with van der Waals surface area (Å²) in [7, 11) is -3.00. The van der Waals surface area contributed by atoms with E-state index in [0.29, 0.717) is 12.8 Å². The van der Waals surface area contributed by atoms with Gasteiger partial charge in [-0.2, -0.15) is 0 Å². The first kappa shape index (κ1) is 12.4. The number of rotatable bonds is 1. The maximum absolute atomic E-state index is 12.2. The Balaban J connectivity index is 2.38. The molecule has 0 unspecified atom stereocenters. The minimum atomic E-state index is -3.00. The third-order valence-electron chi connectivity index (χ3n) is 4.63. The van der Waals surface area contributed by atoms with Gasteiger partial charge in [0.25, 0.3) is 0 Å². The van der Waals surface area contributed by atoms with Crippen LogP contribution in [0.3, 0.4) is 0 Å². The van der Waals surface area contributed by atoms with Gasteiger partial charge in [-0.15, -0.1) is 0 Å². The lowest BCUT2D eigenvalue weighted by atomic mass is 9.72. The Morgan fingerprint density at radius 2 is 1.94 bits per heavy atom. The predicted molar refractivity (Wildman–Crippen MR) is 64.0 cm³/mol. The van der Waals surface area contributed by atoms with Crippen molar-refractivity contribution in [2.45, 2.75) is 68.5 Å². The first-order valence-corrected chi connectivity index (χ1v) is 7.98. The van der Waals surface area contributed by atoms with Gasteiger partial charge in [0.15, 0.2) is 9.84 Å². The van der Waals surface area contributed by atoms with Crippen LogP contribution in [-0.2, 0) is 9.84 Å². The smallest absolute Gasteiger partial charge is 0.156 e. The van der Waals surface area contributed by atoms with Gasteiger partial charge < -0.3 is 5.11 Å². The van der Waals surface area contributed by atoms with Gasteiger partial charge in [0.1, 0.15) is 0 Å². The van der Waals surface area contributed by atoms with Crippen LogP contribution in [0.2, 0.25) is 0 Å². The van der Waals surface area contributed by atoms with Crippen molar-refractivity contribution in [2.24, 2.45) is 5.92 Å². The Hall–Kier alpha value is -0.0900. The number of sulfone groups is 1. The molecule has 1 heterocycles. The summed E-state index contributed by atoms with van der Waals surface area (Å²) in [6.45, 7) is 3.72. The summed E-state index contributed by atoms with van der Waals surface area (Å²) in [5, 5.41) is 9.95. The van der Waals surface area contributed by atoms with E-state index < -0.39 is 15.4 Å². The quantitative estimate of drug-likeness (QED) is 0.768. The zero-order valence-electron chi connectivity index (χ0n) is 10.1. The van der Waals surface area contributed by atoms with Crippen LogP contribution in [0.15, 0.2) is 0 Å². The summed E-state index contributed by atoms with van der Waals surface area (Å²) in [6, 6.07) is 0. The van der Waals surface area contributed by atoms with Crippen molar-refractivity contribution >= 4 is 9.84 Å². The molecule has 0 radical (unpaired) electrons. The average Bonchev–Trinajstić information content (AvgIpc) is 2.27. The Bertz CT molecular complexity index is 362. The second-order valence-corrected chi connectivity index (χ2v) is 8.08. The molecule has 0 aromatic rings. The highest BCUT2D eigenvalue weighted by Gasteiger charge is 2.53. The fourth-order valence-corrected chi connectivity index (χ4v) is 6.04. The molecule has 1 aliphatic heterocycles. The standard InChI is InChI=1S/C12H22O3S/c1-3-12(13)8-9(2)16(14,15)11-7-5-4-6-10(11)12/h9-11,13H,3-8H2,1-2H3/t9-,10-,11-,12-/m0/s1. The van der Waals surface area contributed by atoms with E-state index >= 15 is 0 Å². The second kappa shape index (κ2) is 3.98. The summed E-state index contributed by atoms with van der Waals surface area (Å²) < 4.78 is 24.5. The summed E-state index contributed by atoms with van der Waals surface area (Å²) in [5.41, 5.74) is -0.740. The van der Waals surface area contributed by atoms with E-state index in [1.807, 2.05) is 6.92 Å². The molecule has 2 fully saturated rings. The average molecular weight is 246 g/mol. The lowest BCUT2D eigenvalue weighted by Crippen LogP contribution is -2.56. The third kappa shape index (κ3) is 1.70. The highest BCUT2D eigenvalue weighted by Crippen LogP contribution is 2.46. The Morgan fingerprint density at radius 1 is 1.31 bits per heavy atom. The minimum absolute atomic E-state index is 0.0209. The topological polar surface area (TPSA) is 54.4 Å². The summed E-state index contributed by atoms with van der Waals surface area (Å²) in [6.07, 6.45) is 4.78. The van der Waals surface area contributed by atoms with E-state index in [1.165, 1.54) is 0 Å². The Morgan fingerprint density at radius 3 is 2.56 bits per heavy atom. The SMILES string of the molecule is CC[C@]1(O)C[C@H](C)S(=O)(=O)[C@H]2CCCC[C@@H]21. The molecule has 1 aliphatic carbocycles. The predicted octanol–water partition coefficient (Wildman–Crippen LogP) is 1.89. The van der Waals surface area contributed by atoms with Crippen LogP contribution in [0, 0.1) is 5.92 Å². The fourth-order valence-electron chi connectivity index (χ4n) is 3.58. The lowest BCUT2D eigenvalue weighted by Gasteiger charge is -2.48. The van der Waals surface area contributed by atoms with Crippen molar-refractivity contribution in [3.05, 3.63) is 0 Å². The van der Waals surface area contributed by atoms with Gasteiger partial charge in [0, 0.05) is 5.92 Å². The van der Waals surface area contributed by atoms with E-state index in [0.717, 1.165) is 25.7 Å². The van der Waals surface area contributed by atoms with E-state index in [2.05, 4.69) is 0 Å². The van der Waals surface area contributed by atoms with Crippen LogP contribution in [0.4, 0.5) is 0 Å². The van der Waals surface area contributed by atoms with Crippen molar-refractivity contribution in [2.75, 3.05) is 0 Å². The van der Waals surface area contributed by atoms with Crippen LogP contribution < -0.4 is 0 Å². The molecule has 0 aromatic carbocycles. The van der Waals surface area contributed by atoms with E-state index in [4.69, 9.17) is 0 Å². The van der Waals surface area contributed by atoms with Gasteiger partial charge in [-0.1, -0.05) is 19.8 Å². The zero-order chi connectivity index (χ0) is 12.0. The molecule has 1 saturated heterocycles. The number of hydrogen-bond donors (Lipinski definition) is 1. The van der Waals surface area contributed by atoms with Gasteiger partial charge in [0.05, 0.1) is 16.1 Å². The second-order valence-electron chi connectivity index (χ2n) is 5.49.